The molecule has 0 atom stereocenters. The van der Waals surface area contributed by atoms with Crippen LogP contribution in [0.1, 0.15) is 11.1 Å². The van der Waals surface area contributed by atoms with Gasteiger partial charge >= 0.3 is 0 Å². The van der Waals surface area contributed by atoms with E-state index < -0.39 is 0 Å². The molecule has 0 fully saturated rings. The predicted molar refractivity (Wildman–Crippen MR) is 108 cm³/mol. The predicted octanol–water partition coefficient (Wildman–Crippen LogP) is 3.99. The van der Waals surface area contributed by atoms with E-state index in [1.165, 1.54) is 6.21 Å². The summed E-state index contributed by atoms with van der Waals surface area (Å²) in [7, 11) is 3.12. The monoisotopic (exact) mass is 439 g/mol. The molecule has 2 aromatic rings. The quantitative estimate of drug-likeness (QED) is 0.504. The molecule has 0 aliphatic carbocycles. The van der Waals surface area contributed by atoms with Crippen LogP contribution in [0.4, 0.5) is 5.69 Å². The molecule has 0 radical (unpaired) electrons. The molecule has 0 spiro atoms. The molecule has 2 N–H and O–H groups in total. The van der Waals surface area contributed by atoms with Gasteiger partial charge in [0, 0.05) is 22.3 Å². The topological polar surface area (TPSA) is 72.0 Å². The van der Waals surface area contributed by atoms with Gasteiger partial charge < -0.3 is 14.8 Å². The first-order valence-corrected chi connectivity index (χ1v) is 8.85. The van der Waals surface area contributed by atoms with Crippen molar-refractivity contribution in [3.05, 3.63) is 51.0 Å². The number of nitrogens with zero attached hydrogens (tertiary/aromatic N) is 1. The van der Waals surface area contributed by atoms with Crippen molar-refractivity contribution < 1.29 is 14.3 Å². The van der Waals surface area contributed by atoms with Crippen LogP contribution >= 0.6 is 27.5 Å². The Hall–Kier alpha value is -2.25. The number of amides is 1. The third kappa shape index (κ3) is 5.12. The Balaban J connectivity index is 1.96. The molecule has 0 aromatic heterocycles. The first-order chi connectivity index (χ1) is 12.5. The number of anilines is 1. The second-order valence-corrected chi connectivity index (χ2v) is 6.55. The highest BCUT2D eigenvalue weighted by Crippen LogP contribution is 2.31. The van der Waals surface area contributed by atoms with Gasteiger partial charge in [-0.3, -0.25) is 4.79 Å². The lowest BCUT2D eigenvalue weighted by Crippen LogP contribution is -2.26. The number of halogens is 2. The summed E-state index contributed by atoms with van der Waals surface area (Å²) in [5, 5.41) is 7.64. The van der Waals surface area contributed by atoms with E-state index in [0.717, 1.165) is 15.7 Å². The third-order valence-electron chi connectivity index (χ3n) is 3.60. The summed E-state index contributed by atoms with van der Waals surface area (Å²) in [6.07, 6.45) is 1.51. The lowest BCUT2D eigenvalue weighted by atomic mass is 10.2. The number of rotatable bonds is 7. The van der Waals surface area contributed by atoms with E-state index in [2.05, 4.69) is 31.8 Å². The van der Waals surface area contributed by atoms with Crippen molar-refractivity contribution >= 4 is 45.3 Å². The van der Waals surface area contributed by atoms with Crippen molar-refractivity contribution in [3.63, 3.8) is 0 Å². The van der Waals surface area contributed by atoms with Crippen LogP contribution in [0.3, 0.4) is 0 Å². The number of ether oxygens (including phenoxy) is 2. The molecular formula is C18H19BrClN3O3. The Morgan fingerprint density at radius 1 is 1.27 bits per heavy atom. The molecule has 0 saturated carbocycles. The van der Waals surface area contributed by atoms with Crippen molar-refractivity contribution in [2.45, 2.75) is 6.92 Å². The second kappa shape index (κ2) is 9.45. The number of hydrogen-bond donors (Lipinski definition) is 2. The number of hydrogen-bond acceptors (Lipinski definition) is 5. The zero-order chi connectivity index (χ0) is 19.1. The van der Waals surface area contributed by atoms with E-state index in [9.17, 15) is 4.79 Å². The molecular weight excluding hydrogens is 422 g/mol. The zero-order valence-corrected chi connectivity index (χ0v) is 16.9. The fraction of sp³-hybridized carbons (Fsp3) is 0.222. The summed E-state index contributed by atoms with van der Waals surface area (Å²) in [5.74, 6) is 0.937. The van der Waals surface area contributed by atoms with Gasteiger partial charge in [0.15, 0.2) is 0 Å². The van der Waals surface area contributed by atoms with Gasteiger partial charge in [0.1, 0.15) is 11.5 Å². The van der Waals surface area contributed by atoms with Gasteiger partial charge in [-0.15, -0.1) is 0 Å². The SMILES string of the molecule is COc1cc(OC)c(/C=N/NC(=O)CNc2cccc(Cl)c2C)cc1Br. The summed E-state index contributed by atoms with van der Waals surface area (Å²) < 4.78 is 11.3. The molecule has 0 aliphatic heterocycles. The van der Waals surface area contributed by atoms with Crippen LogP contribution < -0.4 is 20.2 Å². The Morgan fingerprint density at radius 2 is 2.00 bits per heavy atom. The molecule has 8 heteroatoms. The number of nitrogens with one attached hydrogen (secondary N) is 2. The standard InChI is InChI=1S/C18H19BrClN3O3/c1-11-14(20)5-4-6-15(11)21-10-18(24)23-22-9-12-7-13(19)17(26-3)8-16(12)25-2/h4-9,21H,10H2,1-3H3,(H,23,24)/b22-9+. The number of benzene rings is 2. The smallest absolute Gasteiger partial charge is 0.259 e. The minimum Gasteiger partial charge on any atom is -0.496 e. The molecule has 0 aliphatic rings. The molecule has 26 heavy (non-hydrogen) atoms. The van der Waals surface area contributed by atoms with Gasteiger partial charge in [-0.05, 0) is 46.6 Å². The Morgan fingerprint density at radius 3 is 2.69 bits per heavy atom. The summed E-state index contributed by atoms with van der Waals surface area (Å²) in [6, 6.07) is 9.00. The minimum atomic E-state index is -0.285. The van der Waals surface area contributed by atoms with Crippen molar-refractivity contribution in [1.82, 2.24) is 5.43 Å². The molecule has 2 aromatic carbocycles. The average molecular weight is 441 g/mol. The Kier molecular flexibility index (Phi) is 7.29. The minimum absolute atomic E-state index is 0.0714. The highest BCUT2D eigenvalue weighted by atomic mass is 79.9. The normalized spacial score (nSPS) is 10.7. The Labute approximate surface area is 165 Å². The fourth-order valence-electron chi connectivity index (χ4n) is 2.17. The van der Waals surface area contributed by atoms with Gasteiger partial charge in [-0.25, -0.2) is 5.43 Å². The molecule has 0 saturated heterocycles. The van der Waals surface area contributed by atoms with Gasteiger partial charge in [0.05, 0.1) is 31.5 Å². The van der Waals surface area contributed by atoms with E-state index >= 15 is 0 Å². The highest BCUT2D eigenvalue weighted by Gasteiger charge is 2.08. The molecule has 138 valence electrons. The molecule has 0 heterocycles. The third-order valence-corrected chi connectivity index (χ3v) is 4.63. The molecule has 2 rings (SSSR count). The van der Waals surface area contributed by atoms with Crippen LogP contribution in [0, 0.1) is 6.92 Å². The zero-order valence-electron chi connectivity index (χ0n) is 14.6. The summed E-state index contributed by atoms with van der Waals surface area (Å²) in [4.78, 5) is 11.9. The summed E-state index contributed by atoms with van der Waals surface area (Å²) in [5.41, 5.74) is 4.85. The van der Waals surface area contributed by atoms with Crippen LogP contribution in [-0.2, 0) is 4.79 Å². The maximum atomic E-state index is 11.9. The van der Waals surface area contributed by atoms with Crippen LogP contribution in [0.2, 0.25) is 5.02 Å². The molecule has 6 nitrogen and oxygen atoms in total. The van der Waals surface area contributed by atoms with E-state index in [1.54, 1.807) is 32.4 Å². The molecule has 0 unspecified atom stereocenters. The second-order valence-electron chi connectivity index (χ2n) is 5.29. The summed E-state index contributed by atoms with van der Waals surface area (Å²) >= 11 is 9.46. The summed E-state index contributed by atoms with van der Waals surface area (Å²) in [6.45, 7) is 1.95. The Bertz CT molecular complexity index is 828. The van der Waals surface area contributed by atoms with Crippen molar-refractivity contribution in [1.29, 1.82) is 0 Å². The largest absolute Gasteiger partial charge is 0.496 e. The molecule has 1 amide bonds. The van der Waals surface area contributed by atoms with Crippen molar-refractivity contribution in [3.8, 4) is 11.5 Å². The van der Waals surface area contributed by atoms with Gasteiger partial charge in [-0.2, -0.15) is 5.10 Å². The van der Waals surface area contributed by atoms with E-state index in [-0.39, 0.29) is 12.5 Å². The first-order valence-electron chi connectivity index (χ1n) is 7.68. The van der Waals surface area contributed by atoms with Crippen LogP contribution in [0.25, 0.3) is 0 Å². The van der Waals surface area contributed by atoms with E-state index in [1.807, 2.05) is 19.1 Å². The molecule has 0 bridgehead atoms. The van der Waals surface area contributed by atoms with E-state index in [0.29, 0.717) is 22.1 Å². The number of carbonyl (C=O) groups excluding carboxylic acids is 1. The van der Waals surface area contributed by atoms with Gasteiger partial charge in [0.2, 0.25) is 0 Å². The van der Waals surface area contributed by atoms with E-state index in [4.69, 9.17) is 21.1 Å². The highest BCUT2D eigenvalue weighted by molar-refractivity contribution is 9.10. The number of methoxy groups -OCH3 is 2. The maximum absolute atomic E-state index is 11.9. The first kappa shape index (κ1) is 20.1. The van der Waals surface area contributed by atoms with Gasteiger partial charge in [-0.1, -0.05) is 17.7 Å². The lowest BCUT2D eigenvalue weighted by molar-refractivity contribution is -0.119. The maximum Gasteiger partial charge on any atom is 0.259 e. The lowest BCUT2D eigenvalue weighted by Gasteiger charge is -2.10. The van der Waals surface area contributed by atoms with Gasteiger partial charge in [0.25, 0.3) is 5.91 Å². The van der Waals surface area contributed by atoms with Crippen molar-refractivity contribution in [2.75, 3.05) is 26.1 Å². The number of hydrazone groups is 1. The van der Waals surface area contributed by atoms with Crippen LogP contribution in [0.15, 0.2) is 39.9 Å². The van der Waals surface area contributed by atoms with Crippen LogP contribution in [-0.4, -0.2) is 32.9 Å². The number of carbonyl (C=O) groups is 1. The van der Waals surface area contributed by atoms with Crippen molar-refractivity contribution in [2.24, 2.45) is 5.10 Å². The average Bonchev–Trinajstić information content (AvgIpc) is 2.63. The fourth-order valence-corrected chi connectivity index (χ4v) is 2.87. The van der Waals surface area contributed by atoms with Crippen LogP contribution in [0.5, 0.6) is 11.5 Å².